The first kappa shape index (κ1) is 20.6. The Bertz CT molecular complexity index is 887. The number of hydrogen-bond donors (Lipinski definition) is 3. The van der Waals surface area contributed by atoms with Gasteiger partial charge in [-0.15, -0.1) is 0 Å². The number of guanidine groups is 1. The molecule has 10 heteroatoms. The topological polar surface area (TPSA) is 106 Å². The Hall–Kier alpha value is -2.72. The summed E-state index contributed by atoms with van der Waals surface area (Å²) in [7, 11) is -2.16. The second-order valence-corrected chi connectivity index (χ2v) is 7.02. The number of benzene rings is 2. The summed E-state index contributed by atoms with van der Waals surface area (Å²) < 4.78 is 51.9. The van der Waals surface area contributed by atoms with Crippen LogP contribution in [0.1, 0.15) is 11.1 Å². The van der Waals surface area contributed by atoms with Gasteiger partial charge in [-0.3, -0.25) is 4.99 Å². The molecule has 0 spiro atoms. The minimum Gasteiger partial charge on any atom is -0.434 e. The average Bonchev–Trinajstić information content (AvgIpc) is 2.62. The third-order valence-electron chi connectivity index (χ3n) is 3.57. The molecule has 0 fully saturated rings. The number of hydrogen-bond acceptors (Lipinski definition) is 4. The molecule has 2 rings (SSSR count). The zero-order valence-corrected chi connectivity index (χ0v) is 15.3. The van der Waals surface area contributed by atoms with Crippen LogP contribution < -0.4 is 20.5 Å². The average molecular weight is 398 g/mol. The molecule has 0 saturated carbocycles. The molecule has 0 aliphatic heterocycles. The summed E-state index contributed by atoms with van der Waals surface area (Å²) in [6.07, 6.45) is 0. The summed E-state index contributed by atoms with van der Waals surface area (Å²) in [6, 6.07) is 12.6. The summed E-state index contributed by atoms with van der Waals surface area (Å²) in [6.45, 7) is -2.30. The highest BCUT2D eigenvalue weighted by Gasteiger charge is 2.10. The van der Waals surface area contributed by atoms with Gasteiger partial charge in [-0.25, -0.2) is 13.6 Å². The zero-order valence-electron chi connectivity index (χ0n) is 14.5. The number of nitrogens with two attached hydrogens (primary N) is 1. The van der Waals surface area contributed by atoms with Gasteiger partial charge in [0, 0.05) is 25.7 Å². The van der Waals surface area contributed by atoms with Gasteiger partial charge in [0.25, 0.3) is 0 Å². The fraction of sp³-hybridized carbons (Fsp3) is 0.235. The van der Waals surface area contributed by atoms with Gasteiger partial charge in [-0.05, 0) is 23.8 Å². The molecule has 146 valence electrons. The fourth-order valence-corrected chi connectivity index (χ4v) is 2.76. The van der Waals surface area contributed by atoms with Crippen LogP contribution >= 0.6 is 0 Å². The van der Waals surface area contributed by atoms with E-state index >= 15 is 0 Å². The molecule has 0 aliphatic rings. The molecule has 0 radical (unpaired) electrons. The van der Waals surface area contributed by atoms with Gasteiger partial charge in [-0.1, -0.05) is 30.3 Å². The van der Waals surface area contributed by atoms with Crippen molar-refractivity contribution in [1.82, 2.24) is 10.6 Å². The molecule has 2 aromatic rings. The second kappa shape index (κ2) is 9.28. The van der Waals surface area contributed by atoms with Gasteiger partial charge < -0.3 is 15.4 Å². The fourth-order valence-electron chi connectivity index (χ4n) is 2.24. The van der Waals surface area contributed by atoms with Crippen molar-refractivity contribution in [2.45, 2.75) is 24.6 Å². The molecule has 0 bridgehead atoms. The van der Waals surface area contributed by atoms with Crippen molar-refractivity contribution in [2.75, 3.05) is 7.05 Å². The van der Waals surface area contributed by atoms with Gasteiger partial charge in [0.05, 0.1) is 4.90 Å². The molecule has 0 unspecified atom stereocenters. The lowest BCUT2D eigenvalue weighted by Crippen LogP contribution is -2.36. The van der Waals surface area contributed by atoms with Crippen molar-refractivity contribution in [3.63, 3.8) is 0 Å². The van der Waals surface area contributed by atoms with E-state index in [9.17, 15) is 17.2 Å². The van der Waals surface area contributed by atoms with Gasteiger partial charge in [0.1, 0.15) is 5.75 Å². The number of aliphatic imine (C=N–C) groups is 1. The molecule has 0 heterocycles. The van der Waals surface area contributed by atoms with E-state index in [0.717, 1.165) is 5.56 Å². The smallest absolute Gasteiger partial charge is 0.387 e. The van der Waals surface area contributed by atoms with E-state index in [0.29, 0.717) is 18.1 Å². The lowest BCUT2D eigenvalue weighted by Gasteiger charge is -2.14. The summed E-state index contributed by atoms with van der Waals surface area (Å²) in [5, 5.41) is 11.1. The summed E-state index contributed by atoms with van der Waals surface area (Å²) >= 11 is 0. The lowest BCUT2D eigenvalue weighted by atomic mass is 10.2. The first-order chi connectivity index (χ1) is 12.8. The van der Waals surface area contributed by atoms with E-state index in [-0.39, 0.29) is 17.2 Å². The monoisotopic (exact) mass is 398 g/mol. The van der Waals surface area contributed by atoms with Crippen molar-refractivity contribution in [2.24, 2.45) is 10.1 Å². The SMILES string of the molecule is CN=C(NCc1ccc(S(N)(=O)=O)cc1)NCc1ccccc1OC(F)F. The highest BCUT2D eigenvalue weighted by Crippen LogP contribution is 2.19. The summed E-state index contributed by atoms with van der Waals surface area (Å²) in [5.41, 5.74) is 1.37. The largest absolute Gasteiger partial charge is 0.434 e. The molecule has 2 aromatic carbocycles. The second-order valence-electron chi connectivity index (χ2n) is 5.45. The van der Waals surface area contributed by atoms with Crippen LogP contribution in [-0.4, -0.2) is 28.0 Å². The Balaban J connectivity index is 1.93. The van der Waals surface area contributed by atoms with E-state index in [1.807, 2.05) is 0 Å². The van der Waals surface area contributed by atoms with Crippen LogP contribution in [0.25, 0.3) is 0 Å². The van der Waals surface area contributed by atoms with Crippen LogP contribution in [0.2, 0.25) is 0 Å². The third kappa shape index (κ3) is 6.50. The van der Waals surface area contributed by atoms with Gasteiger partial charge in [0.2, 0.25) is 10.0 Å². The van der Waals surface area contributed by atoms with E-state index in [1.54, 1.807) is 37.4 Å². The number of nitrogens with zero attached hydrogens (tertiary/aromatic N) is 1. The van der Waals surface area contributed by atoms with Gasteiger partial charge >= 0.3 is 6.61 Å². The molecule has 7 nitrogen and oxygen atoms in total. The molecular weight excluding hydrogens is 378 g/mol. The molecule has 27 heavy (non-hydrogen) atoms. The Morgan fingerprint density at radius 1 is 1.11 bits per heavy atom. The highest BCUT2D eigenvalue weighted by molar-refractivity contribution is 7.89. The van der Waals surface area contributed by atoms with Crippen molar-refractivity contribution in [3.8, 4) is 5.75 Å². The predicted octanol–water partition coefficient (Wildman–Crippen LogP) is 1.80. The summed E-state index contributed by atoms with van der Waals surface area (Å²) in [5.74, 6) is 0.534. The first-order valence-electron chi connectivity index (χ1n) is 7.88. The highest BCUT2D eigenvalue weighted by atomic mass is 32.2. The standard InChI is InChI=1S/C17H20F2N4O3S/c1-21-17(22-10-12-6-8-14(9-7-12)27(20,24)25)23-11-13-4-2-3-5-15(13)26-16(18)19/h2-9,16H,10-11H2,1H3,(H2,20,24,25)(H2,21,22,23). The number of sulfonamides is 1. The minimum atomic E-state index is -3.73. The van der Waals surface area contributed by atoms with Crippen LogP contribution in [0.4, 0.5) is 8.78 Å². The number of nitrogens with one attached hydrogen (secondary N) is 2. The third-order valence-corrected chi connectivity index (χ3v) is 4.50. The quantitative estimate of drug-likeness (QED) is 0.487. The number of primary sulfonamides is 1. The number of ether oxygens (including phenoxy) is 1. The van der Waals surface area contributed by atoms with Crippen LogP contribution in [0.15, 0.2) is 58.4 Å². The van der Waals surface area contributed by atoms with Crippen LogP contribution in [-0.2, 0) is 23.1 Å². The number of rotatable bonds is 7. The number of halogens is 2. The van der Waals surface area contributed by atoms with Gasteiger partial charge in [0.15, 0.2) is 5.96 Å². The van der Waals surface area contributed by atoms with Crippen molar-refractivity contribution in [3.05, 3.63) is 59.7 Å². The Kier molecular flexibility index (Phi) is 7.08. The van der Waals surface area contributed by atoms with Crippen molar-refractivity contribution in [1.29, 1.82) is 0 Å². The molecule has 0 atom stereocenters. The van der Waals surface area contributed by atoms with Crippen molar-refractivity contribution < 1.29 is 21.9 Å². The molecule has 4 N–H and O–H groups in total. The van der Waals surface area contributed by atoms with E-state index in [2.05, 4.69) is 20.4 Å². The molecule has 0 aliphatic carbocycles. The van der Waals surface area contributed by atoms with E-state index < -0.39 is 16.6 Å². The Morgan fingerprint density at radius 3 is 2.33 bits per heavy atom. The van der Waals surface area contributed by atoms with E-state index in [1.165, 1.54) is 18.2 Å². The maximum absolute atomic E-state index is 12.5. The Morgan fingerprint density at radius 2 is 1.74 bits per heavy atom. The summed E-state index contributed by atoms with van der Waals surface area (Å²) in [4.78, 5) is 4.09. The minimum absolute atomic E-state index is 0.0318. The Labute approximate surface area is 156 Å². The lowest BCUT2D eigenvalue weighted by molar-refractivity contribution is -0.0504. The van der Waals surface area contributed by atoms with Crippen LogP contribution in [0, 0.1) is 0 Å². The van der Waals surface area contributed by atoms with Crippen LogP contribution in [0.5, 0.6) is 5.75 Å². The normalized spacial score (nSPS) is 12.1. The van der Waals surface area contributed by atoms with Crippen molar-refractivity contribution >= 4 is 16.0 Å². The zero-order chi connectivity index (χ0) is 19.9. The maximum atomic E-state index is 12.5. The van der Waals surface area contributed by atoms with Crippen LogP contribution in [0.3, 0.4) is 0 Å². The molecule has 0 amide bonds. The van der Waals surface area contributed by atoms with E-state index in [4.69, 9.17) is 5.14 Å². The molecule has 0 aromatic heterocycles. The predicted molar refractivity (Wildman–Crippen MR) is 97.9 cm³/mol. The number of alkyl halides is 2. The number of para-hydroxylation sites is 1. The maximum Gasteiger partial charge on any atom is 0.387 e. The first-order valence-corrected chi connectivity index (χ1v) is 9.43. The molecular formula is C17H20F2N4O3S. The molecule has 0 saturated heterocycles. The van der Waals surface area contributed by atoms with Gasteiger partial charge in [-0.2, -0.15) is 8.78 Å².